The van der Waals surface area contributed by atoms with Crippen molar-refractivity contribution >= 4 is 43.7 Å². The molecule has 0 aliphatic heterocycles. The molecule has 0 radical (unpaired) electrons. The molecule has 0 atom stereocenters. The summed E-state index contributed by atoms with van der Waals surface area (Å²) in [5, 5.41) is 4.44. The van der Waals surface area contributed by atoms with Gasteiger partial charge in [0.15, 0.2) is 17.5 Å². The maximum Gasteiger partial charge on any atom is 0.164 e. The Morgan fingerprint density at radius 1 is 0.343 bits per heavy atom. The first-order chi connectivity index (χ1) is 34.5. The van der Waals surface area contributed by atoms with Gasteiger partial charge < -0.3 is 8.98 Å². The fourth-order valence-corrected chi connectivity index (χ4v) is 10.0. The third-order valence-corrected chi connectivity index (χ3v) is 13.4. The van der Waals surface area contributed by atoms with E-state index in [1.165, 1.54) is 22.3 Å². The van der Waals surface area contributed by atoms with E-state index in [0.29, 0.717) is 17.5 Å². The van der Waals surface area contributed by atoms with Gasteiger partial charge in [-0.05, 0) is 102 Å². The van der Waals surface area contributed by atoms with Crippen molar-refractivity contribution in [2.45, 2.75) is 13.8 Å². The number of nitrogens with zero attached hydrogens (tertiary/aromatic N) is 5. The van der Waals surface area contributed by atoms with Crippen LogP contribution in [0.3, 0.4) is 0 Å². The Bertz CT molecular complexity index is 3990. The van der Waals surface area contributed by atoms with Gasteiger partial charge in [0, 0.05) is 55.6 Å². The van der Waals surface area contributed by atoms with Crippen LogP contribution in [0, 0.1) is 13.8 Å². The minimum atomic E-state index is 0.572. The van der Waals surface area contributed by atoms with Crippen molar-refractivity contribution < 1.29 is 4.42 Å². The number of rotatable bonds is 8. The van der Waals surface area contributed by atoms with Crippen LogP contribution in [-0.4, -0.2) is 24.5 Å². The lowest BCUT2D eigenvalue weighted by Gasteiger charge is -2.18. The number of aryl methyl sites for hydroxylation is 2. The van der Waals surface area contributed by atoms with E-state index in [9.17, 15) is 0 Å². The topological polar surface area (TPSA) is 69.6 Å². The molecular weight excluding hydrogens is 855 g/mol. The number of aromatic nitrogens is 5. The first-order valence-electron chi connectivity index (χ1n) is 23.6. The highest BCUT2D eigenvalue weighted by Crippen LogP contribution is 2.43. The molecule has 0 saturated heterocycles. The smallest absolute Gasteiger partial charge is 0.164 e. The minimum absolute atomic E-state index is 0.572. The third kappa shape index (κ3) is 7.22. The van der Waals surface area contributed by atoms with Crippen molar-refractivity contribution in [3.05, 3.63) is 236 Å². The minimum Gasteiger partial charge on any atom is -0.456 e. The molecule has 4 heterocycles. The number of hydrogen-bond acceptors (Lipinski definition) is 5. The Labute approximate surface area is 404 Å². The summed E-state index contributed by atoms with van der Waals surface area (Å²) in [4.78, 5) is 20.7. The van der Waals surface area contributed by atoms with E-state index >= 15 is 0 Å². The first-order valence-corrected chi connectivity index (χ1v) is 23.6. The van der Waals surface area contributed by atoms with Gasteiger partial charge in [0.25, 0.3) is 0 Å². The number of fused-ring (bicyclic) bond motifs is 6. The van der Waals surface area contributed by atoms with Crippen LogP contribution in [-0.2, 0) is 0 Å². The molecule has 330 valence electrons. The van der Waals surface area contributed by atoms with Crippen LogP contribution < -0.4 is 0 Å². The first kappa shape index (κ1) is 41.0. The molecule has 13 rings (SSSR count). The summed E-state index contributed by atoms with van der Waals surface area (Å²) in [6, 6.07) is 76.9. The van der Waals surface area contributed by atoms with Gasteiger partial charge in [-0.3, -0.25) is 4.98 Å². The zero-order chi connectivity index (χ0) is 46.7. The number of pyridine rings is 1. The van der Waals surface area contributed by atoms with E-state index in [4.69, 9.17) is 24.4 Å². The second-order valence-corrected chi connectivity index (χ2v) is 18.0. The lowest BCUT2D eigenvalue weighted by atomic mass is 9.95. The Hall–Kier alpha value is -9.26. The molecule has 0 spiro atoms. The molecule has 0 bridgehead atoms. The molecule has 0 aliphatic carbocycles. The fraction of sp³-hybridized carbons (Fsp3) is 0.0312. The zero-order valence-corrected chi connectivity index (χ0v) is 38.5. The molecule has 0 aliphatic rings. The summed E-state index contributed by atoms with van der Waals surface area (Å²) < 4.78 is 8.69. The number of para-hydroxylation sites is 1. The molecule has 0 unspecified atom stereocenters. The van der Waals surface area contributed by atoms with Crippen LogP contribution in [0.2, 0.25) is 0 Å². The number of benzene rings is 9. The Morgan fingerprint density at radius 3 is 1.49 bits per heavy atom. The number of hydrogen-bond donors (Lipinski definition) is 0. The van der Waals surface area contributed by atoms with Crippen LogP contribution in [0.5, 0.6) is 0 Å². The van der Waals surface area contributed by atoms with Crippen molar-refractivity contribution in [2.24, 2.45) is 0 Å². The lowest BCUT2D eigenvalue weighted by molar-refractivity contribution is 0.669. The van der Waals surface area contributed by atoms with Crippen molar-refractivity contribution in [3.8, 4) is 84.5 Å². The van der Waals surface area contributed by atoms with Crippen LogP contribution in [0.4, 0.5) is 0 Å². The predicted octanol–water partition coefficient (Wildman–Crippen LogP) is 16.5. The van der Waals surface area contributed by atoms with E-state index in [1.54, 1.807) is 0 Å². The van der Waals surface area contributed by atoms with E-state index in [0.717, 1.165) is 99.6 Å². The second-order valence-electron chi connectivity index (χ2n) is 18.0. The highest BCUT2D eigenvalue weighted by atomic mass is 16.3. The molecule has 4 aromatic heterocycles. The summed E-state index contributed by atoms with van der Waals surface area (Å²) in [7, 11) is 0. The average molecular weight is 898 g/mol. The summed E-state index contributed by atoms with van der Waals surface area (Å²) >= 11 is 0. The Kier molecular flexibility index (Phi) is 9.84. The van der Waals surface area contributed by atoms with Crippen LogP contribution in [0.1, 0.15) is 11.1 Å². The molecular formula is C64H43N5O. The highest BCUT2D eigenvalue weighted by molar-refractivity contribution is 6.12. The highest BCUT2D eigenvalue weighted by Gasteiger charge is 2.23. The van der Waals surface area contributed by atoms with Crippen LogP contribution in [0.25, 0.3) is 128 Å². The molecule has 9 aromatic carbocycles. The normalized spacial score (nSPS) is 11.6. The summed E-state index contributed by atoms with van der Waals surface area (Å²) in [6.07, 6.45) is 1.89. The molecule has 0 amide bonds. The Morgan fingerprint density at radius 2 is 0.857 bits per heavy atom. The van der Waals surface area contributed by atoms with Crippen molar-refractivity contribution in [1.29, 1.82) is 0 Å². The van der Waals surface area contributed by atoms with Crippen LogP contribution >= 0.6 is 0 Å². The molecule has 0 fully saturated rings. The van der Waals surface area contributed by atoms with Crippen molar-refractivity contribution in [3.63, 3.8) is 0 Å². The lowest BCUT2D eigenvalue weighted by Crippen LogP contribution is -2.03. The van der Waals surface area contributed by atoms with Gasteiger partial charge in [0.05, 0.1) is 22.4 Å². The number of furan rings is 1. The van der Waals surface area contributed by atoms with E-state index < -0.39 is 0 Å². The van der Waals surface area contributed by atoms with Gasteiger partial charge in [0.1, 0.15) is 11.2 Å². The fourth-order valence-electron chi connectivity index (χ4n) is 10.0. The van der Waals surface area contributed by atoms with Gasteiger partial charge in [-0.1, -0.05) is 169 Å². The standard InChI is InChI=1S/C64H43N5O/c1-40-14-11-20-44(34-40)46-26-30-56-53(36-46)54-37-47(45-21-12-15-41(2)35-45)27-31-57(54)69(56)58-39-49(64-67-62(42-16-5-3-6-17-42)66-63(68-64)43-18-7-4-8-19-43)25-29-52(58)61-50(23-13-33-65-61)48-28-32-60-55(38-48)51-22-9-10-24-59(51)70-60/h3-39H,1-2H3. The van der Waals surface area contributed by atoms with Crippen molar-refractivity contribution in [1.82, 2.24) is 24.5 Å². The maximum atomic E-state index is 6.29. The maximum absolute atomic E-state index is 6.29. The average Bonchev–Trinajstić information content (AvgIpc) is 3.96. The van der Waals surface area contributed by atoms with E-state index in [2.05, 4.69) is 158 Å². The molecule has 70 heavy (non-hydrogen) atoms. The third-order valence-electron chi connectivity index (χ3n) is 13.4. The zero-order valence-electron chi connectivity index (χ0n) is 38.5. The van der Waals surface area contributed by atoms with Gasteiger partial charge in [-0.15, -0.1) is 0 Å². The Balaban J connectivity index is 1.09. The van der Waals surface area contributed by atoms with Crippen molar-refractivity contribution in [2.75, 3.05) is 0 Å². The summed E-state index contributed by atoms with van der Waals surface area (Å²) in [5.74, 6) is 1.78. The molecule has 13 aromatic rings. The predicted molar refractivity (Wildman–Crippen MR) is 287 cm³/mol. The molecule has 0 saturated carbocycles. The van der Waals surface area contributed by atoms with Gasteiger partial charge in [-0.25, -0.2) is 15.0 Å². The van der Waals surface area contributed by atoms with Gasteiger partial charge >= 0.3 is 0 Å². The monoisotopic (exact) mass is 897 g/mol. The SMILES string of the molecule is Cc1cccc(-c2ccc3c(c2)c2cc(-c4cccc(C)c4)ccc2n3-c2cc(-c3nc(-c4ccccc4)nc(-c4ccccc4)n3)ccc2-c2ncccc2-c2ccc3oc4ccccc4c3c2)c1. The van der Waals surface area contributed by atoms with Gasteiger partial charge in [-0.2, -0.15) is 0 Å². The second kappa shape index (κ2) is 16.8. The van der Waals surface area contributed by atoms with E-state index in [-0.39, 0.29) is 0 Å². The molecule has 0 N–H and O–H groups in total. The largest absolute Gasteiger partial charge is 0.456 e. The quantitative estimate of drug-likeness (QED) is 0.152. The van der Waals surface area contributed by atoms with Gasteiger partial charge in [0.2, 0.25) is 0 Å². The molecule has 6 nitrogen and oxygen atoms in total. The summed E-state index contributed by atoms with van der Waals surface area (Å²) in [6.45, 7) is 4.30. The summed E-state index contributed by atoms with van der Waals surface area (Å²) in [5.41, 5.74) is 18.5. The van der Waals surface area contributed by atoms with E-state index in [1.807, 2.05) is 85.1 Å². The molecule has 6 heteroatoms. The van der Waals surface area contributed by atoms with Crippen LogP contribution in [0.15, 0.2) is 229 Å².